The molecule has 2 N–H and O–H groups in total. The number of nitrogens with one attached hydrogen (secondary N) is 1. The van der Waals surface area contributed by atoms with Crippen molar-refractivity contribution in [2.45, 2.75) is 31.4 Å². The number of hydrogen-bond acceptors (Lipinski definition) is 3. The van der Waals surface area contributed by atoms with Crippen molar-refractivity contribution in [1.82, 2.24) is 10.2 Å². The molecule has 4 rings (SSSR count). The van der Waals surface area contributed by atoms with Gasteiger partial charge >= 0.3 is 0 Å². The number of rotatable bonds is 4. The number of benzene rings is 2. The summed E-state index contributed by atoms with van der Waals surface area (Å²) in [5.74, 6) is -0.189. The van der Waals surface area contributed by atoms with E-state index in [0.29, 0.717) is 12.0 Å². The maximum absolute atomic E-state index is 12.6. The van der Waals surface area contributed by atoms with Gasteiger partial charge in [0.05, 0.1) is 24.2 Å². The summed E-state index contributed by atoms with van der Waals surface area (Å²) < 4.78 is 0.922. The fourth-order valence-electron chi connectivity index (χ4n) is 3.69. The summed E-state index contributed by atoms with van der Waals surface area (Å²) in [6, 6.07) is 12.7. The Balaban J connectivity index is 1.52. The molecular weight excluding hydrogens is 406 g/mol. The van der Waals surface area contributed by atoms with Crippen LogP contribution in [0.2, 0.25) is 0 Å². The Labute approximate surface area is 167 Å². The number of carbonyl (C=O) groups excluding carboxylic acids is 1. The summed E-state index contributed by atoms with van der Waals surface area (Å²) in [6.07, 6.45) is 4.24. The van der Waals surface area contributed by atoms with Crippen LogP contribution in [0.1, 0.15) is 40.4 Å². The van der Waals surface area contributed by atoms with E-state index in [2.05, 4.69) is 31.1 Å². The molecule has 2 aliphatic rings. The van der Waals surface area contributed by atoms with Crippen LogP contribution in [0.5, 0.6) is 0 Å². The highest BCUT2D eigenvalue weighted by Crippen LogP contribution is 2.34. The monoisotopic (exact) mass is 427 g/mol. The van der Waals surface area contributed by atoms with Gasteiger partial charge in [-0.15, -0.1) is 0 Å². The predicted molar refractivity (Wildman–Crippen MR) is 109 cm³/mol. The van der Waals surface area contributed by atoms with Crippen LogP contribution in [0.4, 0.5) is 5.69 Å². The van der Waals surface area contributed by atoms with Crippen LogP contribution in [-0.4, -0.2) is 41.4 Å². The number of likely N-dealkylation sites (tertiary alicyclic amines) is 1. The summed E-state index contributed by atoms with van der Waals surface area (Å²) >= 11 is 3.37. The number of hydrogen-bond donors (Lipinski definition) is 2. The summed E-state index contributed by atoms with van der Waals surface area (Å²) in [6.45, 7) is 2.11. The van der Waals surface area contributed by atoms with E-state index in [4.69, 9.17) is 0 Å². The van der Waals surface area contributed by atoms with Crippen molar-refractivity contribution in [2.24, 2.45) is 4.99 Å². The van der Waals surface area contributed by atoms with Crippen molar-refractivity contribution in [1.29, 1.82) is 0 Å². The van der Waals surface area contributed by atoms with Crippen LogP contribution < -0.4 is 5.32 Å². The molecule has 0 saturated carbocycles. The van der Waals surface area contributed by atoms with Crippen molar-refractivity contribution in [2.75, 3.05) is 13.1 Å². The van der Waals surface area contributed by atoms with Gasteiger partial charge in [-0.1, -0.05) is 22.0 Å². The lowest BCUT2D eigenvalue weighted by Crippen LogP contribution is -2.33. The molecule has 0 bridgehead atoms. The Morgan fingerprint density at radius 1 is 1.19 bits per heavy atom. The van der Waals surface area contributed by atoms with E-state index in [1.807, 2.05) is 36.7 Å². The van der Waals surface area contributed by atoms with E-state index in [-0.39, 0.29) is 5.91 Å². The number of carbonyl (C=O) groups is 1. The van der Waals surface area contributed by atoms with Crippen LogP contribution >= 0.6 is 15.9 Å². The highest BCUT2D eigenvalue weighted by atomic mass is 79.9. The average Bonchev–Trinajstić information content (AvgIpc) is 3.29. The maximum Gasteiger partial charge on any atom is 0.251 e. The molecule has 1 heterocycles. The molecule has 0 radical (unpaired) electrons. The molecule has 1 aliphatic heterocycles. The second-order valence-corrected chi connectivity index (χ2v) is 8.02. The van der Waals surface area contributed by atoms with Crippen LogP contribution in [0.3, 0.4) is 0 Å². The van der Waals surface area contributed by atoms with Gasteiger partial charge in [0.25, 0.3) is 5.91 Å². The molecule has 5 nitrogen and oxygen atoms in total. The SMILES string of the molecule is O=C(N[C@@H]1c2cc(N=CN3CCCC3)ccc2C[C@H]1O)c1ccc(Br)cc1. The summed E-state index contributed by atoms with van der Waals surface area (Å²) in [7, 11) is 0. The first kappa shape index (κ1) is 18.2. The van der Waals surface area contributed by atoms with Gasteiger partial charge in [-0.3, -0.25) is 4.79 Å². The van der Waals surface area contributed by atoms with E-state index < -0.39 is 12.1 Å². The molecule has 2 atom stereocenters. The van der Waals surface area contributed by atoms with E-state index in [9.17, 15) is 9.90 Å². The number of fused-ring (bicyclic) bond motifs is 1. The molecule has 2 aromatic carbocycles. The standard InChI is InChI=1S/C21H22BrN3O2/c22-16-6-3-14(4-7-16)21(27)24-20-18-12-17(8-5-15(18)11-19(20)26)23-13-25-9-1-2-10-25/h3-8,12-13,19-20,26H,1-2,9-11H2,(H,24,27)/t19-,20-/m1/s1. The molecule has 1 amide bonds. The van der Waals surface area contributed by atoms with Gasteiger partial charge in [0.15, 0.2) is 0 Å². The predicted octanol–water partition coefficient (Wildman–Crippen LogP) is 3.59. The Morgan fingerprint density at radius 3 is 2.67 bits per heavy atom. The highest BCUT2D eigenvalue weighted by molar-refractivity contribution is 9.10. The van der Waals surface area contributed by atoms with Crippen LogP contribution in [0.25, 0.3) is 0 Å². The molecule has 1 fully saturated rings. The molecule has 1 aliphatic carbocycles. The summed E-state index contributed by atoms with van der Waals surface area (Å²) in [5, 5.41) is 13.5. The summed E-state index contributed by atoms with van der Waals surface area (Å²) in [4.78, 5) is 19.4. The number of aliphatic hydroxyl groups is 1. The fourth-order valence-corrected chi connectivity index (χ4v) is 3.96. The van der Waals surface area contributed by atoms with Gasteiger partial charge in [0.1, 0.15) is 0 Å². The Bertz CT molecular complexity index is 860. The van der Waals surface area contributed by atoms with E-state index in [0.717, 1.165) is 34.4 Å². The molecular formula is C21H22BrN3O2. The minimum atomic E-state index is -0.628. The third kappa shape index (κ3) is 4.06. The fraction of sp³-hybridized carbons (Fsp3) is 0.333. The van der Waals surface area contributed by atoms with Gasteiger partial charge < -0.3 is 15.3 Å². The molecule has 0 aromatic heterocycles. The zero-order valence-corrected chi connectivity index (χ0v) is 16.5. The van der Waals surface area contributed by atoms with E-state index in [1.165, 1.54) is 12.8 Å². The third-order valence-electron chi connectivity index (χ3n) is 5.18. The van der Waals surface area contributed by atoms with Crippen molar-refractivity contribution in [3.8, 4) is 0 Å². The van der Waals surface area contributed by atoms with Gasteiger partial charge in [-0.05, 0) is 60.4 Å². The second kappa shape index (κ2) is 7.82. The largest absolute Gasteiger partial charge is 0.390 e. The zero-order chi connectivity index (χ0) is 18.8. The molecule has 6 heteroatoms. The van der Waals surface area contributed by atoms with E-state index >= 15 is 0 Å². The minimum absolute atomic E-state index is 0.189. The van der Waals surface area contributed by atoms with Gasteiger partial charge in [-0.2, -0.15) is 0 Å². The number of halogens is 1. The van der Waals surface area contributed by atoms with Crippen LogP contribution in [-0.2, 0) is 6.42 Å². The van der Waals surface area contributed by atoms with Crippen LogP contribution in [0, 0.1) is 0 Å². The topological polar surface area (TPSA) is 64.9 Å². The van der Waals surface area contributed by atoms with E-state index in [1.54, 1.807) is 12.1 Å². The van der Waals surface area contributed by atoms with Crippen molar-refractivity contribution in [3.63, 3.8) is 0 Å². The van der Waals surface area contributed by atoms with Crippen molar-refractivity contribution in [3.05, 3.63) is 63.6 Å². The number of amides is 1. The first-order valence-electron chi connectivity index (χ1n) is 9.26. The third-order valence-corrected chi connectivity index (χ3v) is 5.71. The van der Waals surface area contributed by atoms with Crippen LogP contribution in [0.15, 0.2) is 51.9 Å². The molecule has 27 heavy (non-hydrogen) atoms. The smallest absolute Gasteiger partial charge is 0.251 e. The normalized spacial score (nSPS) is 21.6. The maximum atomic E-state index is 12.6. The van der Waals surface area contributed by atoms with Crippen molar-refractivity contribution >= 4 is 33.9 Å². The number of aliphatic hydroxyl groups excluding tert-OH is 1. The van der Waals surface area contributed by atoms with Gasteiger partial charge in [0, 0.05) is 29.5 Å². The quantitative estimate of drug-likeness (QED) is 0.578. The Kier molecular flexibility index (Phi) is 5.27. The Hall–Kier alpha value is -2.18. The molecule has 1 saturated heterocycles. The lowest BCUT2D eigenvalue weighted by atomic mass is 10.1. The first-order valence-corrected chi connectivity index (χ1v) is 10.0. The molecule has 2 aromatic rings. The number of aliphatic imine (C=N–C) groups is 1. The minimum Gasteiger partial charge on any atom is -0.390 e. The number of nitrogens with zero attached hydrogens (tertiary/aromatic N) is 2. The average molecular weight is 428 g/mol. The molecule has 0 unspecified atom stereocenters. The van der Waals surface area contributed by atoms with Crippen molar-refractivity contribution < 1.29 is 9.90 Å². The first-order chi connectivity index (χ1) is 13.1. The lowest BCUT2D eigenvalue weighted by molar-refractivity contribution is 0.0858. The van der Waals surface area contributed by atoms with Gasteiger partial charge in [-0.25, -0.2) is 4.99 Å². The molecule has 0 spiro atoms. The summed E-state index contributed by atoms with van der Waals surface area (Å²) in [5.41, 5.74) is 3.42. The van der Waals surface area contributed by atoms with Gasteiger partial charge in [0.2, 0.25) is 0 Å². The lowest BCUT2D eigenvalue weighted by Gasteiger charge is -2.18. The zero-order valence-electron chi connectivity index (χ0n) is 14.9. The Morgan fingerprint density at radius 2 is 1.93 bits per heavy atom. The molecule has 140 valence electrons. The second-order valence-electron chi connectivity index (χ2n) is 7.10. The highest BCUT2D eigenvalue weighted by Gasteiger charge is 2.32.